The highest BCUT2D eigenvalue weighted by Gasteiger charge is 2.10. The smallest absolute Gasteiger partial charge is 0.161 e. The molecule has 2 heterocycles. The fraction of sp³-hybridized carbons (Fsp3) is 0.529. The molecule has 0 bridgehead atoms. The van der Waals surface area contributed by atoms with Crippen LogP contribution < -0.4 is 14.8 Å². The van der Waals surface area contributed by atoms with Gasteiger partial charge in [0.1, 0.15) is 0 Å². The SMILES string of the molecule is C(=C\C1CCCCCN1)/c1ccc2c(c1)OCCCO2. The van der Waals surface area contributed by atoms with E-state index >= 15 is 0 Å². The molecule has 1 unspecified atom stereocenters. The minimum Gasteiger partial charge on any atom is -0.490 e. The third kappa shape index (κ3) is 3.54. The summed E-state index contributed by atoms with van der Waals surface area (Å²) in [4.78, 5) is 0. The molecule has 20 heavy (non-hydrogen) atoms. The highest BCUT2D eigenvalue weighted by atomic mass is 16.5. The average Bonchev–Trinajstić information content (AvgIpc) is 2.87. The molecule has 0 radical (unpaired) electrons. The predicted octanol–water partition coefficient (Wildman–Crippen LogP) is 3.39. The Balaban J connectivity index is 1.69. The minimum absolute atomic E-state index is 0.508. The Morgan fingerprint density at radius 1 is 1.00 bits per heavy atom. The molecule has 1 aromatic rings. The van der Waals surface area contributed by atoms with Crippen molar-refractivity contribution in [2.45, 2.75) is 38.1 Å². The molecule has 1 fully saturated rings. The first-order valence-electron chi connectivity index (χ1n) is 7.73. The summed E-state index contributed by atoms with van der Waals surface area (Å²) in [6, 6.07) is 6.70. The Bertz CT molecular complexity index is 462. The average molecular weight is 273 g/mol. The zero-order valence-electron chi connectivity index (χ0n) is 11.9. The summed E-state index contributed by atoms with van der Waals surface area (Å²) in [6.07, 6.45) is 10.6. The van der Waals surface area contributed by atoms with E-state index in [-0.39, 0.29) is 0 Å². The predicted molar refractivity (Wildman–Crippen MR) is 81.3 cm³/mol. The molecule has 0 amide bonds. The maximum Gasteiger partial charge on any atom is 0.161 e. The van der Waals surface area contributed by atoms with E-state index in [1.54, 1.807) is 0 Å². The lowest BCUT2D eigenvalue weighted by atomic mass is 10.1. The van der Waals surface area contributed by atoms with Crippen LogP contribution in [0.5, 0.6) is 11.5 Å². The zero-order chi connectivity index (χ0) is 13.6. The molecular formula is C17H23NO2. The van der Waals surface area contributed by atoms with Crippen LogP contribution in [0.15, 0.2) is 24.3 Å². The zero-order valence-corrected chi connectivity index (χ0v) is 11.9. The number of ether oxygens (including phenoxy) is 2. The summed E-state index contributed by atoms with van der Waals surface area (Å²) in [7, 11) is 0. The van der Waals surface area contributed by atoms with E-state index in [1.165, 1.54) is 31.2 Å². The first-order chi connectivity index (χ1) is 9.92. The van der Waals surface area contributed by atoms with Crippen LogP contribution >= 0.6 is 0 Å². The molecule has 1 N–H and O–H groups in total. The normalized spacial score (nSPS) is 23.3. The van der Waals surface area contributed by atoms with Crippen LogP contribution in [0.4, 0.5) is 0 Å². The molecule has 1 aromatic carbocycles. The number of benzene rings is 1. The maximum atomic E-state index is 5.73. The molecule has 3 rings (SSSR count). The van der Waals surface area contributed by atoms with Gasteiger partial charge in [-0.05, 0) is 37.1 Å². The first-order valence-corrected chi connectivity index (χ1v) is 7.73. The summed E-state index contributed by atoms with van der Waals surface area (Å²) in [5.74, 6) is 1.74. The molecule has 2 aliphatic heterocycles. The van der Waals surface area contributed by atoms with Gasteiger partial charge in [-0.1, -0.05) is 31.1 Å². The second-order valence-corrected chi connectivity index (χ2v) is 5.53. The van der Waals surface area contributed by atoms with Crippen molar-refractivity contribution in [3.8, 4) is 11.5 Å². The Kier molecular flexibility index (Phi) is 4.59. The lowest BCUT2D eigenvalue weighted by molar-refractivity contribution is 0.297. The molecule has 3 nitrogen and oxygen atoms in total. The largest absolute Gasteiger partial charge is 0.490 e. The number of hydrogen-bond donors (Lipinski definition) is 1. The van der Waals surface area contributed by atoms with Crippen LogP contribution in [-0.2, 0) is 0 Å². The molecule has 0 saturated carbocycles. The van der Waals surface area contributed by atoms with Crippen LogP contribution in [0.1, 0.15) is 37.7 Å². The van der Waals surface area contributed by atoms with Gasteiger partial charge < -0.3 is 14.8 Å². The Labute approximate surface area is 121 Å². The lowest BCUT2D eigenvalue weighted by Crippen LogP contribution is -2.25. The van der Waals surface area contributed by atoms with Crippen LogP contribution in [-0.4, -0.2) is 25.8 Å². The van der Waals surface area contributed by atoms with Crippen molar-refractivity contribution in [2.24, 2.45) is 0 Å². The van der Waals surface area contributed by atoms with Gasteiger partial charge in [-0.2, -0.15) is 0 Å². The summed E-state index contributed by atoms with van der Waals surface area (Å²) in [6.45, 7) is 2.62. The highest BCUT2D eigenvalue weighted by Crippen LogP contribution is 2.30. The first kappa shape index (κ1) is 13.5. The van der Waals surface area contributed by atoms with Gasteiger partial charge in [0.25, 0.3) is 0 Å². The van der Waals surface area contributed by atoms with Crippen molar-refractivity contribution in [3.63, 3.8) is 0 Å². The maximum absolute atomic E-state index is 5.73. The van der Waals surface area contributed by atoms with Crippen LogP contribution in [0.2, 0.25) is 0 Å². The number of fused-ring (bicyclic) bond motifs is 1. The van der Waals surface area contributed by atoms with Gasteiger partial charge in [0.15, 0.2) is 11.5 Å². The highest BCUT2D eigenvalue weighted by molar-refractivity contribution is 5.56. The standard InChI is InChI=1S/C17H23NO2/c1-2-5-15(18-10-3-1)8-6-14-7-9-16-17(13-14)20-12-4-11-19-16/h6-9,13,15,18H,1-5,10-12H2/b8-6+. The summed E-state index contributed by atoms with van der Waals surface area (Å²) < 4.78 is 11.4. The summed E-state index contributed by atoms with van der Waals surface area (Å²) in [5.41, 5.74) is 1.18. The molecular weight excluding hydrogens is 250 g/mol. The van der Waals surface area contributed by atoms with Crippen LogP contribution in [0.3, 0.4) is 0 Å². The minimum atomic E-state index is 0.508. The number of nitrogens with one attached hydrogen (secondary N) is 1. The quantitative estimate of drug-likeness (QED) is 0.896. The molecule has 0 aliphatic carbocycles. The number of hydrogen-bond acceptors (Lipinski definition) is 3. The van der Waals surface area contributed by atoms with E-state index in [4.69, 9.17) is 9.47 Å². The van der Waals surface area contributed by atoms with Crippen LogP contribution in [0, 0.1) is 0 Å². The van der Waals surface area contributed by atoms with Gasteiger partial charge in [0, 0.05) is 12.5 Å². The molecule has 0 spiro atoms. The van der Waals surface area contributed by atoms with E-state index in [2.05, 4.69) is 29.6 Å². The van der Waals surface area contributed by atoms with Gasteiger partial charge >= 0.3 is 0 Å². The van der Waals surface area contributed by atoms with E-state index in [1.807, 2.05) is 6.07 Å². The van der Waals surface area contributed by atoms with Gasteiger partial charge in [0.2, 0.25) is 0 Å². The van der Waals surface area contributed by atoms with Crippen molar-refractivity contribution >= 4 is 6.08 Å². The van der Waals surface area contributed by atoms with Gasteiger partial charge in [-0.3, -0.25) is 0 Å². The van der Waals surface area contributed by atoms with E-state index in [9.17, 15) is 0 Å². The topological polar surface area (TPSA) is 30.5 Å². The van der Waals surface area contributed by atoms with E-state index in [0.717, 1.165) is 37.7 Å². The van der Waals surface area contributed by atoms with Crippen molar-refractivity contribution < 1.29 is 9.47 Å². The monoisotopic (exact) mass is 273 g/mol. The van der Waals surface area contributed by atoms with Crippen molar-refractivity contribution in [2.75, 3.05) is 19.8 Å². The fourth-order valence-corrected chi connectivity index (χ4v) is 2.73. The number of rotatable bonds is 2. The molecule has 1 atom stereocenters. The fourth-order valence-electron chi connectivity index (χ4n) is 2.73. The molecule has 3 heteroatoms. The third-order valence-corrected chi connectivity index (χ3v) is 3.89. The third-order valence-electron chi connectivity index (χ3n) is 3.89. The molecule has 108 valence electrons. The van der Waals surface area contributed by atoms with E-state index in [0.29, 0.717) is 6.04 Å². The van der Waals surface area contributed by atoms with Crippen molar-refractivity contribution in [3.05, 3.63) is 29.8 Å². The summed E-state index contributed by atoms with van der Waals surface area (Å²) >= 11 is 0. The Morgan fingerprint density at radius 2 is 1.90 bits per heavy atom. The van der Waals surface area contributed by atoms with Gasteiger partial charge in [-0.25, -0.2) is 0 Å². The van der Waals surface area contributed by atoms with Crippen molar-refractivity contribution in [1.82, 2.24) is 5.32 Å². The van der Waals surface area contributed by atoms with Crippen LogP contribution in [0.25, 0.3) is 6.08 Å². The summed E-state index contributed by atoms with van der Waals surface area (Å²) in [5, 5.41) is 3.58. The van der Waals surface area contributed by atoms with Crippen molar-refractivity contribution in [1.29, 1.82) is 0 Å². The molecule has 2 aliphatic rings. The van der Waals surface area contributed by atoms with E-state index < -0.39 is 0 Å². The second-order valence-electron chi connectivity index (χ2n) is 5.53. The Hall–Kier alpha value is -1.48. The molecule has 0 aromatic heterocycles. The molecule has 1 saturated heterocycles. The van der Waals surface area contributed by atoms with Gasteiger partial charge in [0.05, 0.1) is 13.2 Å². The second kappa shape index (κ2) is 6.80. The lowest BCUT2D eigenvalue weighted by Gasteiger charge is -2.11. The van der Waals surface area contributed by atoms with Gasteiger partial charge in [-0.15, -0.1) is 0 Å². The Morgan fingerprint density at radius 3 is 2.85 bits per heavy atom.